The molecule has 0 bridgehead atoms. The van der Waals surface area contributed by atoms with Gasteiger partial charge in [0.2, 0.25) is 14.2 Å². The first-order valence-corrected chi connectivity index (χ1v) is 16.2. The molecule has 3 aromatic carbocycles. The first-order valence-electron chi connectivity index (χ1n) is 12.9. The third-order valence-electron chi connectivity index (χ3n) is 7.15. The lowest BCUT2D eigenvalue weighted by Crippen LogP contribution is -2.43. The second-order valence-electron chi connectivity index (χ2n) is 11.0. The summed E-state index contributed by atoms with van der Waals surface area (Å²) in [5.41, 5.74) is 5.11. The maximum Gasteiger partial charge on any atom is 0.339 e. The van der Waals surface area contributed by atoms with Crippen LogP contribution in [0, 0.1) is 0 Å². The van der Waals surface area contributed by atoms with Crippen molar-refractivity contribution in [2.45, 2.75) is 65.1 Å². The van der Waals surface area contributed by atoms with Gasteiger partial charge in [-0.1, -0.05) is 69.6 Å². The van der Waals surface area contributed by atoms with Crippen molar-refractivity contribution < 1.29 is 18.8 Å². The lowest BCUT2D eigenvalue weighted by Gasteiger charge is -2.36. The molecule has 0 fully saturated rings. The number of halogens is 1. The predicted octanol–water partition coefficient (Wildman–Crippen LogP) is 7.85. The fourth-order valence-electron chi connectivity index (χ4n) is 3.97. The summed E-state index contributed by atoms with van der Waals surface area (Å²) in [5, 5.41) is 3.36. The molecule has 0 heterocycles. The van der Waals surface area contributed by atoms with Gasteiger partial charge in [0.25, 0.3) is 0 Å². The van der Waals surface area contributed by atoms with E-state index in [1.165, 1.54) is 18.2 Å². The van der Waals surface area contributed by atoms with Crippen LogP contribution in [-0.2, 0) is 28.8 Å². The number of ether oxygens (including phenoxy) is 1. The van der Waals surface area contributed by atoms with Gasteiger partial charge in [-0.15, -0.1) is 0 Å². The van der Waals surface area contributed by atoms with Crippen LogP contribution >= 0.6 is 11.6 Å². The van der Waals surface area contributed by atoms with Gasteiger partial charge < -0.3 is 14.5 Å². The second-order valence-corrected chi connectivity index (χ2v) is 16.2. The van der Waals surface area contributed by atoms with Crippen molar-refractivity contribution in [1.82, 2.24) is 0 Å². The van der Waals surface area contributed by atoms with Gasteiger partial charge in [-0.2, -0.15) is 0 Å². The molecular weight excluding hydrogens is 514 g/mol. The summed E-state index contributed by atoms with van der Waals surface area (Å²) in [6.45, 7) is 13.4. The summed E-state index contributed by atoms with van der Waals surface area (Å²) in [7, 11) is -0.612. The molecule has 38 heavy (non-hydrogen) atoms. The quantitative estimate of drug-likeness (QED) is 0.217. The number of hydrogen-bond acceptors (Lipinski definition) is 4. The summed E-state index contributed by atoms with van der Waals surface area (Å²) in [6.07, 6.45) is 1.84. The molecular formula is C31H38ClNO4Si. The van der Waals surface area contributed by atoms with Crippen LogP contribution < -0.4 is 9.74 Å². The van der Waals surface area contributed by atoms with E-state index < -0.39 is 14.3 Å². The van der Waals surface area contributed by atoms with Crippen molar-refractivity contribution in [3.05, 3.63) is 93.5 Å². The molecule has 1 amide bonds. The highest BCUT2D eigenvalue weighted by atomic mass is 35.5. The summed E-state index contributed by atoms with van der Waals surface area (Å²) in [4.78, 5) is 24.9. The van der Waals surface area contributed by atoms with Crippen LogP contribution in [0.1, 0.15) is 60.3 Å². The minimum atomic E-state index is -1.91. The third kappa shape index (κ3) is 7.48. The van der Waals surface area contributed by atoms with E-state index in [1.54, 1.807) is 18.2 Å². The van der Waals surface area contributed by atoms with Crippen LogP contribution in [0.3, 0.4) is 0 Å². The molecule has 0 atom stereocenters. The topological polar surface area (TPSA) is 64.6 Å². The van der Waals surface area contributed by atoms with Crippen LogP contribution in [-0.4, -0.2) is 27.3 Å². The summed E-state index contributed by atoms with van der Waals surface area (Å²) in [6, 6.07) is 19.1. The largest absolute Gasteiger partial charge is 0.543 e. The van der Waals surface area contributed by atoms with Gasteiger partial charge in [-0.25, -0.2) is 4.79 Å². The molecule has 3 aromatic rings. The number of methoxy groups -OCH3 is 1. The number of aryl methyl sites for hydroxylation is 1. The first kappa shape index (κ1) is 29.5. The van der Waals surface area contributed by atoms with Gasteiger partial charge >= 0.3 is 5.97 Å². The second kappa shape index (κ2) is 12.2. The molecule has 5 nitrogen and oxygen atoms in total. The Morgan fingerprint density at radius 3 is 2.32 bits per heavy atom. The standard InChI is InChI=1S/C31H38ClNO4Si/c1-8-23-19-26(37-38(6,7)31(2,3)4)14-12-24(23)17-21-10-9-11-22(16-21)18-29(34)33-28-20-25(32)13-15-27(28)30(35)36-5/h9-16,19-20H,8,17-18H2,1-7H3,(H,33,34). The average molecular weight is 552 g/mol. The number of amides is 1. The maximum absolute atomic E-state index is 12.8. The summed E-state index contributed by atoms with van der Waals surface area (Å²) in [5.74, 6) is 0.164. The predicted molar refractivity (Wildman–Crippen MR) is 158 cm³/mol. The molecule has 7 heteroatoms. The molecule has 3 rings (SSSR count). The van der Waals surface area contributed by atoms with Crippen molar-refractivity contribution >= 4 is 37.5 Å². The van der Waals surface area contributed by atoms with Crippen LogP contribution in [0.4, 0.5) is 5.69 Å². The zero-order valence-electron chi connectivity index (χ0n) is 23.4. The lowest BCUT2D eigenvalue weighted by molar-refractivity contribution is -0.115. The highest BCUT2D eigenvalue weighted by Gasteiger charge is 2.39. The molecule has 1 N–H and O–H groups in total. The van der Waals surface area contributed by atoms with E-state index in [1.807, 2.05) is 12.1 Å². The van der Waals surface area contributed by atoms with Crippen LogP contribution in [0.5, 0.6) is 5.75 Å². The lowest BCUT2D eigenvalue weighted by atomic mass is 9.96. The average Bonchev–Trinajstić information content (AvgIpc) is 2.84. The number of rotatable bonds is 9. The van der Waals surface area contributed by atoms with Gasteiger partial charge in [0.15, 0.2) is 0 Å². The molecule has 0 saturated carbocycles. The van der Waals surface area contributed by atoms with E-state index in [2.05, 4.69) is 76.4 Å². The Labute approximate surface area is 232 Å². The minimum Gasteiger partial charge on any atom is -0.543 e. The van der Waals surface area contributed by atoms with Crippen LogP contribution in [0.2, 0.25) is 23.2 Å². The Morgan fingerprint density at radius 1 is 0.947 bits per heavy atom. The third-order valence-corrected chi connectivity index (χ3v) is 11.7. The van der Waals surface area contributed by atoms with E-state index in [0.29, 0.717) is 10.7 Å². The van der Waals surface area contributed by atoms with Crippen molar-refractivity contribution in [2.75, 3.05) is 12.4 Å². The molecule has 0 saturated heterocycles. The Kier molecular flexibility index (Phi) is 9.44. The fraction of sp³-hybridized carbons (Fsp3) is 0.355. The van der Waals surface area contributed by atoms with E-state index in [9.17, 15) is 9.59 Å². The van der Waals surface area contributed by atoms with Crippen molar-refractivity contribution in [3.8, 4) is 5.75 Å². The molecule has 0 radical (unpaired) electrons. The zero-order valence-corrected chi connectivity index (χ0v) is 25.2. The number of esters is 1. The SMILES string of the molecule is CCc1cc(O[Si](C)(C)C(C)(C)C)ccc1Cc1cccc(CC(=O)Nc2cc(Cl)ccc2C(=O)OC)c1. The van der Waals surface area contributed by atoms with Crippen molar-refractivity contribution in [3.63, 3.8) is 0 Å². The van der Waals surface area contributed by atoms with Gasteiger partial charge in [0.05, 0.1) is 24.8 Å². The minimum absolute atomic E-state index is 0.137. The van der Waals surface area contributed by atoms with Crippen LogP contribution in [0.15, 0.2) is 60.7 Å². The first-order chi connectivity index (χ1) is 17.8. The number of hydrogen-bond donors (Lipinski definition) is 1. The highest BCUT2D eigenvalue weighted by molar-refractivity contribution is 6.74. The Hall–Kier alpha value is -3.09. The van der Waals surface area contributed by atoms with E-state index >= 15 is 0 Å². The van der Waals surface area contributed by atoms with E-state index in [4.69, 9.17) is 20.8 Å². The van der Waals surface area contributed by atoms with E-state index in [-0.39, 0.29) is 22.9 Å². The highest BCUT2D eigenvalue weighted by Crippen LogP contribution is 2.38. The van der Waals surface area contributed by atoms with Gasteiger partial charge in [-0.05, 0) is 83.6 Å². The zero-order chi connectivity index (χ0) is 28.1. The molecule has 0 aromatic heterocycles. The van der Waals surface area contributed by atoms with Gasteiger partial charge in [0, 0.05) is 5.02 Å². The molecule has 0 aliphatic carbocycles. The molecule has 0 spiro atoms. The summed E-state index contributed by atoms with van der Waals surface area (Å²) >= 11 is 6.08. The number of carbonyl (C=O) groups is 2. The van der Waals surface area contributed by atoms with Gasteiger partial charge in [-0.3, -0.25) is 4.79 Å². The molecule has 0 unspecified atom stereocenters. The smallest absolute Gasteiger partial charge is 0.339 e. The number of nitrogens with one attached hydrogen (secondary N) is 1. The Balaban J connectivity index is 1.74. The Morgan fingerprint density at radius 2 is 1.66 bits per heavy atom. The fourth-order valence-corrected chi connectivity index (χ4v) is 5.17. The normalized spacial score (nSPS) is 11.7. The number of anilines is 1. The molecule has 202 valence electrons. The number of benzene rings is 3. The molecule has 0 aliphatic heterocycles. The van der Waals surface area contributed by atoms with Gasteiger partial charge in [0.1, 0.15) is 5.75 Å². The van der Waals surface area contributed by atoms with Crippen molar-refractivity contribution in [2.24, 2.45) is 0 Å². The van der Waals surface area contributed by atoms with Crippen LogP contribution in [0.25, 0.3) is 0 Å². The Bertz CT molecular complexity index is 1310. The molecule has 0 aliphatic rings. The summed E-state index contributed by atoms with van der Waals surface area (Å²) < 4.78 is 11.3. The number of carbonyl (C=O) groups excluding carboxylic acids is 2. The monoisotopic (exact) mass is 551 g/mol. The maximum atomic E-state index is 12.8. The van der Waals surface area contributed by atoms with E-state index in [0.717, 1.165) is 29.7 Å². The van der Waals surface area contributed by atoms with Crippen molar-refractivity contribution in [1.29, 1.82) is 0 Å².